The summed E-state index contributed by atoms with van der Waals surface area (Å²) in [5, 5.41) is 15.9. The number of nitrogens with zero attached hydrogens (tertiary/aromatic N) is 4. The van der Waals surface area contributed by atoms with E-state index in [-0.39, 0.29) is 17.5 Å². The molecule has 0 fully saturated rings. The maximum atomic E-state index is 12.5. The molecule has 0 saturated heterocycles. The predicted molar refractivity (Wildman–Crippen MR) is 117 cm³/mol. The highest BCUT2D eigenvalue weighted by Gasteiger charge is 2.15. The van der Waals surface area contributed by atoms with Crippen LogP contribution in [0.15, 0.2) is 48.0 Å². The minimum atomic E-state index is -0.369. The van der Waals surface area contributed by atoms with E-state index in [1.165, 1.54) is 18.3 Å². The van der Waals surface area contributed by atoms with Gasteiger partial charge in [-0.05, 0) is 31.2 Å². The molecule has 3 aromatic heterocycles. The highest BCUT2D eigenvalue weighted by molar-refractivity contribution is 7.17. The van der Waals surface area contributed by atoms with Crippen LogP contribution in [0.3, 0.4) is 0 Å². The molecule has 2 amide bonds. The van der Waals surface area contributed by atoms with E-state index in [2.05, 4.69) is 25.9 Å². The van der Waals surface area contributed by atoms with Crippen molar-refractivity contribution in [3.05, 3.63) is 64.1 Å². The van der Waals surface area contributed by atoms with Gasteiger partial charge in [-0.3, -0.25) is 14.9 Å². The molecule has 0 bridgehead atoms. The Morgan fingerprint density at radius 3 is 2.70 bits per heavy atom. The number of aromatic nitrogens is 4. The first-order chi connectivity index (χ1) is 14.5. The smallest absolute Gasteiger partial charge is 0.279 e. The van der Waals surface area contributed by atoms with Crippen molar-refractivity contribution in [2.45, 2.75) is 20.4 Å². The number of thiophene rings is 1. The van der Waals surface area contributed by atoms with Crippen LogP contribution >= 0.6 is 22.7 Å². The lowest BCUT2D eigenvalue weighted by Crippen LogP contribution is -2.17. The van der Waals surface area contributed by atoms with Crippen LogP contribution < -0.4 is 10.6 Å². The van der Waals surface area contributed by atoms with Gasteiger partial charge in [-0.25, -0.2) is 9.67 Å². The number of carbonyl (C=O) groups is 2. The van der Waals surface area contributed by atoms with Gasteiger partial charge in [0.2, 0.25) is 5.91 Å². The number of hydrogen-bond donors (Lipinski definition) is 2. The summed E-state index contributed by atoms with van der Waals surface area (Å²) < 4.78 is 1.56. The van der Waals surface area contributed by atoms with Crippen LogP contribution in [0.2, 0.25) is 0 Å². The molecule has 0 aliphatic heterocycles. The maximum absolute atomic E-state index is 12.5. The number of amides is 2. The third-order valence-corrected chi connectivity index (χ3v) is 6.04. The van der Waals surface area contributed by atoms with Crippen molar-refractivity contribution in [1.82, 2.24) is 25.3 Å². The van der Waals surface area contributed by atoms with Crippen molar-refractivity contribution in [2.24, 2.45) is 0 Å². The molecule has 8 nitrogen and oxygen atoms in total. The standard InChI is InChI=1S/C20H18N6O2S2/c1-12-3-5-14(6-4-12)26-10-16(24-25-26)19(28)23-20-22-17(11-29-20)18-8-7-15(30-18)9-21-13(2)27/h3-8,10-11H,9H2,1-2H3,(H,21,27)(H,22,23,28). The molecule has 2 N–H and O–H groups in total. The van der Waals surface area contributed by atoms with E-state index in [4.69, 9.17) is 0 Å². The lowest BCUT2D eigenvalue weighted by molar-refractivity contribution is -0.119. The topological polar surface area (TPSA) is 102 Å². The van der Waals surface area contributed by atoms with Gasteiger partial charge in [-0.15, -0.1) is 27.8 Å². The van der Waals surface area contributed by atoms with E-state index in [1.807, 2.05) is 48.7 Å². The zero-order valence-corrected chi connectivity index (χ0v) is 17.9. The highest BCUT2D eigenvalue weighted by Crippen LogP contribution is 2.31. The number of carbonyl (C=O) groups excluding carboxylic acids is 2. The first-order valence-electron chi connectivity index (χ1n) is 9.08. The number of thiazole rings is 1. The fourth-order valence-electron chi connectivity index (χ4n) is 2.62. The van der Waals surface area contributed by atoms with Crippen LogP contribution in [0, 0.1) is 6.92 Å². The van der Waals surface area contributed by atoms with Crippen LogP contribution in [-0.4, -0.2) is 31.8 Å². The predicted octanol–water partition coefficient (Wildman–Crippen LogP) is 3.65. The van der Waals surface area contributed by atoms with Gasteiger partial charge >= 0.3 is 0 Å². The van der Waals surface area contributed by atoms with E-state index >= 15 is 0 Å². The summed E-state index contributed by atoms with van der Waals surface area (Å²) in [6, 6.07) is 11.7. The highest BCUT2D eigenvalue weighted by atomic mass is 32.1. The normalized spacial score (nSPS) is 10.7. The van der Waals surface area contributed by atoms with Gasteiger partial charge in [0, 0.05) is 17.2 Å². The zero-order valence-electron chi connectivity index (χ0n) is 16.2. The minimum absolute atomic E-state index is 0.0667. The Bertz CT molecular complexity index is 1190. The van der Waals surface area contributed by atoms with Gasteiger partial charge < -0.3 is 5.32 Å². The third-order valence-electron chi connectivity index (χ3n) is 4.17. The van der Waals surface area contributed by atoms with E-state index in [1.54, 1.807) is 22.2 Å². The van der Waals surface area contributed by atoms with Gasteiger partial charge in [-0.2, -0.15) is 0 Å². The minimum Gasteiger partial charge on any atom is -0.351 e. The monoisotopic (exact) mass is 438 g/mol. The fourth-order valence-corrected chi connectivity index (χ4v) is 4.31. The van der Waals surface area contributed by atoms with Crippen LogP contribution in [0.5, 0.6) is 0 Å². The Morgan fingerprint density at radius 1 is 1.13 bits per heavy atom. The maximum Gasteiger partial charge on any atom is 0.279 e. The summed E-state index contributed by atoms with van der Waals surface area (Å²) in [6.07, 6.45) is 1.59. The molecule has 152 valence electrons. The number of anilines is 1. The summed E-state index contributed by atoms with van der Waals surface area (Å²) in [7, 11) is 0. The molecule has 4 aromatic rings. The van der Waals surface area contributed by atoms with Gasteiger partial charge in [0.15, 0.2) is 10.8 Å². The Balaban J connectivity index is 1.42. The van der Waals surface area contributed by atoms with E-state index in [9.17, 15) is 9.59 Å². The van der Waals surface area contributed by atoms with Crippen LogP contribution in [0.1, 0.15) is 27.9 Å². The molecule has 1 aromatic carbocycles. The van der Waals surface area contributed by atoms with Crippen molar-refractivity contribution in [3.63, 3.8) is 0 Å². The Morgan fingerprint density at radius 2 is 1.93 bits per heavy atom. The van der Waals surface area contributed by atoms with Crippen molar-refractivity contribution in [3.8, 4) is 16.3 Å². The second-order valence-electron chi connectivity index (χ2n) is 6.55. The third kappa shape index (κ3) is 4.61. The second-order valence-corrected chi connectivity index (χ2v) is 8.58. The first-order valence-corrected chi connectivity index (χ1v) is 10.8. The number of nitrogens with one attached hydrogen (secondary N) is 2. The Hall–Kier alpha value is -3.37. The molecular weight excluding hydrogens is 420 g/mol. The van der Waals surface area contributed by atoms with Crippen molar-refractivity contribution >= 4 is 39.6 Å². The molecule has 0 unspecified atom stereocenters. The molecule has 10 heteroatoms. The van der Waals surface area contributed by atoms with Gasteiger partial charge in [-0.1, -0.05) is 22.9 Å². The van der Waals surface area contributed by atoms with Gasteiger partial charge in [0.1, 0.15) is 0 Å². The largest absolute Gasteiger partial charge is 0.351 e. The Kier molecular flexibility index (Phi) is 5.68. The zero-order chi connectivity index (χ0) is 21.1. The number of aryl methyl sites for hydroxylation is 1. The van der Waals surface area contributed by atoms with Crippen molar-refractivity contribution in [2.75, 3.05) is 5.32 Å². The average Bonchev–Trinajstić information content (AvgIpc) is 3.47. The summed E-state index contributed by atoms with van der Waals surface area (Å²) in [6.45, 7) is 3.99. The second kappa shape index (κ2) is 8.56. The van der Waals surface area contributed by atoms with Crippen LogP contribution in [0.25, 0.3) is 16.3 Å². The molecule has 30 heavy (non-hydrogen) atoms. The van der Waals surface area contributed by atoms with E-state index < -0.39 is 0 Å². The molecule has 0 atom stereocenters. The van der Waals surface area contributed by atoms with Gasteiger partial charge in [0.05, 0.1) is 29.0 Å². The SMILES string of the molecule is CC(=O)NCc1ccc(-c2csc(NC(=O)c3cn(-c4ccc(C)cc4)nn3)n2)s1. The molecular formula is C20H18N6O2S2. The first kappa shape index (κ1) is 19.9. The van der Waals surface area contributed by atoms with Crippen LogP contribution in [-0.2, 0) is 11.3 Å². The molecule has 0 saturated carbocycles. The van der Waals surface area contributed by atoms with Crippen molar-refractivity contribution in [1.29, 1.82) is 0 Å². The molecule has 3 heterocycles. The quantitative estimate of drug-likeness (QED) is 0.478. The lowest BCUT2D eigenvalue weighted by Gasteiger charge is -1.99. The van der Waals surface area contributed by atoms with Gasteiger partial charge in [0.25, 0.3) is 5.91 Å². The average molecular weight is 439 g/mol. The summed E-state index contributed by atoms with van der Waals surface area (Å²) in [5.41, 5.74) is 2.96. The summed E-state index contributed by atoms with van der Waals surface area (Å²) in [4.78, 5) is 30.0. The molecule has 0 aliphatic rings. The molecule has 0 aliphatic carbocycles. The molecule has 4 rings (SSSR count). The molecule has 0 spiro atoms. The van der Waals surface area contributed by atoms with E-state index in [0.717, 1.165) is 26.7 Å². The Labute approximate surface area is 180 Å². The fraction of sp³-hybridized carbons (Fsp3) is 0.150. The van der Waals surface area contributed by atoms with E-state index in [0.29, 0.717) is 11.7 Å². The van der Waals surface area contributed by atoms with Crippen LogP contribution in [0.4, 0.5) is 5.13 Å². The number of hydrogen-bond acceptors (Lipinski definition) is 7. The van der Waals surface area contributed by atoms with Crippen molar-refractivity contribution < 1.29 is 9.59 Å². The summed E-state index contributed by atoms with van der Waals surface area (Å²) in [5.74, 6) is -0.435. The number of rotatable bonds is 6. The number of benzene rings is 1. The molecule has 0 radical (unpaired) electrons. The summed E-state index contributed by atoms with van der Waals surface area (Å²) >= 11 is 2.89. The lowest BCUT2D eigenvalue weighted by atomic mass is 10.2.